The molecule has 2 aromatic rings. The lowest BCUT2D eigenvalue weighted by Crippen LogP contribution is -2.39. The van der Waals surface area contributed by atoms with Crippen LogP contribution in [0.5, 0.6) is 0 Å². The van der Waals surface area contributed by atoms with Crippen LogP contribution in [0.3, 0.4) is 0 Å². The molecule has 6 nitrogen and oxygen atoms in total. The van der Waals surface area contributed by atoms with Crippen molar-refractivity contribution in [1.29, 1.82) is 0 Å². The van der Waals surface area contributed by atoms with Crippen LogP contribution in [0.15, 0.2) is 30.3 Å². The highest BCUT2D eigenvalue weighted by Gasteiger charge is 2.30. The third-order valence-corrected chi connectivity index (χ3v) is 5.97. The van der Waals surface area contributed by atoms with Crippen LogP contribution in [0.25, 0.3) is 0 Å². The van der Waals surface area contributed by atoms with Crippen molar-refractivity contribution in [2.75, 3.05) is 6.54 Å². The molecule has 4 rings (SSSR count). The number of carbonyl (C=O) groups excluding carboxylic acids is 2. The highest BCUT2D eigenvalue weighted by atomic mass is 19.1. The number of likely N-dealkylation sites (tertiary alicyclic amines) is 1. The fourth-order valence-corrected chi connectivity index (χ4v) is 4.38. The molecule has 1 saturated heterocycles. The van der Waals surface area contributed by atoms with E-state index in [4.69, 9.17) is 0 Å². The summed E-state index contributed by atoms with van der Waals surface area (Å²) in [5.41, 5.74) is 1.97. The quantitative estimate of drug-likeness (QED) is 0.809. The summed E-state index contributed by atoms with van der Waals surface area (Å²) in [5.74, 6) is -0.454. The average Bonchev–Trinajstić information content (AvgIpc) is 3.42. The van der Waals surface area contributed by atoms with Crippen LogP contribution in [0.4, 0.5) is 4.39 Å². The van der Waals surface area contributed by atoms with E-state index in [9.17, 15) is 14.0 Å². The number of hydrogen-bond acceptors (Lipinski definition) is 3. The molecular formula is C22H27FN4O2. The Morgan fingerprint density at radius 1 is 1.10 bits per heavy atom. The van der Waals surface area contributed by atoms with E-state index in [-0.39, 0.29) is 36.1 Å². The van der Waals surface area contributed by atoms with Gasteiger partial charge in [0.05, 0.1) is 18.2 Å². The Balaban J connectivity index is 1.44. The molecule has 1 atom stereocenters. The fraction of sp³-hybridized carbons (Fsp3) is 0.500. The Morgan fingerprint density at radius 2 is 1.83 bits per heavy atom. The molecule has 29 heavy (non-hydrogen) atoms. The smallest absolute Gasteiger partial charge is 0.271 e. The normalized spacial score (nSPS) is 20.0. The van der Waals surface area contributed by atoms with Crippen LogP contribution in [0.1, 0.15) is 72.7 Å². The minimum absolute atomic E-state index is 0.00728. The van der Waals surface area contributed by atoms with E-state index >= 15 is 0 Å². The number of aromatic amines is 1. The van der Waals surface area contributed by atoms with E-state index in [1.54, 1.807) is 18.2 Å². The Hall–Kier alpha value is -2.70. The lowest BCUT2D eigenvalue weighted by Gasteiger charge is -2.35. The number of rotatable bonds is 5. The van der Waals surface area contributed by atoms with E-state index < -0.39 is 0 Å². The molecule has 1 aromatic carbocycles. The molecule has 2 amide bonds. The zero-order valence-electron chi connectivity index (χ0n) is 16.5. The highest BCUT2D eigenvalue weighted by molar-refractivity contribution is 5.92. The van der Waals surface area contributed by atoms with Gasteiger partial charge in [-0.1, -0.05) is 25.0 Å². The van der Waals surface area contributed by atoms with Gasteiger partial charge in [0.15, 0.2) is 0 Å². The number of nitrogens with one attached hydrogen (secondary N) is 2. The molecule has 2 aliphatic rings. The third-order valence-electron chi connectivity index (χ3n) is 5.97. The molecule has 1 aliphatic heterocycles. The van der Waals surface area contributed by atoms with Gasteiger partial charge in [0.25, 0.3) is 5.91 Å². The molecule has 2 heterocycles. The molecule has 2 N–H and O–H groups in total. The Kier molecular flexibility index (Phi) is 5.92. The standard InChI is InChI=1S/C22H27FN4O2/c23-16-10-8-15(9-11-16)13-21(28)27-12-4-3-7-20(27)18-14-19(26-25-18)22(29)24-17-5-1-2-6-17/h8-11,14,17,20H,1-7,12-13H2,(H,24,29)(H,25,26). The topological polar surface area (TPSA) is 78.1 Å². The number of carbonyl (C=O) groups is 2. The van der Waals surface area contributed by atoms with Gasteiger partial charge < -0.3 is 10.2 Å². The Labute approximate surface area is 169 Å². The molecule has 1 saturated carbocycles. The second kappa shape index (κ2) is 8.76. The van der Waals surface area contributed by atoms with Crippen LogP contribution in [0.2, 0.25) is 0 Å². The van der Waals surface area contributed by atoms with Gasteiger partial charge in [0.1, 0.15) is 11.5 Å². The predicted octanol–water partition coefficient (Wildman–Crippen LogP) is 3.52. The van der Waals surface area contributed by atoms with Crippen molar-refractivity contribution in [2.24, 2.45) is 0 Å². The van der Waals surface area contributed by atoms with Gasteiger partial charge in [-0.3, -0.25) is 14.7 Å². The number of piperidine rings is 1. The molecule has 1 unspecified atom stereocenters. The second-order valence-electron chi connectivity index (χ2n) is 8.07. The van der Waals surface area contributed by atoms with Crippen LogP contribution in [-0.2, 0) is 11.2 Å². The van der Waals surface area contributed by atoms with Crippen molar-refractivity contribution in [3.8, 4) is 0 Å². The van der Waals surface area contributed by atoms with Crippen LogP contribution in [-0.4, -0.2) is 39.5 Å². The van der Waals surface area contributed by atoms with Crippen molar-refractivity contribution in [3.05, 3.63) is 53.1 Å². The number of hydrogen-bond donors (Lipinski definition) is 2. The monoisotopic (exact) mass is 398 g/mol. The van der Waals surface area contributed by atoms with Crippen molar-refractivity contribution in [3.63, 3.8) is 0 Å². The molecule has 2 fully saturated rings. The van der Waals surface area contributed by atoms with Crippen LogP contribution in [0, 0.1) is 5.82 Å². The minimum atomic E-state index is -0.307. The summed E-state index contributed by atoms with van der Waals surface area (Å²) < 4.78 is 13.1. The first-order chi connectivity index (χ1) is 14.1. The molecule has 0 bridgehead atoms. The summed E-state index contributed by atoms with van der Waals surface area (Å²) in [6.07, 6.45) is 7.41. The van der Waals surface area contributed by atoms with E-state index in [1.165, 1.54) is 12.1 Å². The van der Waals surface area contributed by atoms with Gasteiger partial charge >= 0.3 is 0 Å². The second-order valence-corrected chi connectivity index (χ2v) is 8.07. The van der Waals surface area contributed by atoms with E-state index in [1.807, 2.05) is 4.90 Å². The van der Waals surface area contributed by atoms with Gasteiger partial charge in [-0.15, -0.1) is 0 Å². The van der Waals surface area contributed by atoms with Gasteiger partial charge in [-0.25, -0.2) is 4.39 Å². The summed E-state index contributed by atoms with van der Waals surface area (Å²) in [7, 11) is 0. The third kappa shape index (κ3) is 4.66. The van der Waals surface area contributed by atoms with Gasteiger partial charge in [0.2, 0.25) is 5.91 Å². The number of halogens is 1. The summed E-state index contributed by atoms with van der Waals surface area (Å²) in [6, 6.07) is 7.95. The molecule has 7 heteroatoms. The first-order valence-electron chi connectivity index (χ1n) is 10.5. The van der Waals surface area contributed by atoms with Crippen molar-refractivity contribution >= 4 is 11.8 Å². The number of H-pyrrole nitrogens is 1. The zero-order chi connectivity index (χ0) is 20.2. The lowest BCUT2D eigenvalue weighted by atomic mass is 9.98. The largest absolute Gasteiger partial charge is 0.348 e. The molecule has 1 aromatic heterocycles. The van der Waals surface area contributed by atoms with Crippen LogP contribution < -0.4 is 5.32 Å². The van der Waals surface area contributed by atoms with E-state index in [2.05, 4.69) is 15.5 Å². The SMILES string of the molecule is O=C(NC1CCCC1)c1cc(C2CCCCN2C(=O)Cc2ccc(F)cc2)[nH]n1. The minimum Gasteiger partial charge on any atom is -0.348 e. The summed E-state index contributed by atoms with van der Waals surface area (Å²) in [5, 5.41) is 10.2. The lowest BCUT2D eigenvalue weighted by molar-refractivity contribution is -0.134. The number of nitrogens with zero attached hydrogens (tertiary/aromatic N) is 2. The number of amides is 2. The summed E-state index contributed by atoms with van der Waals surface area (Å²) >= 11 is 0. The Morgan fingerprint density at radius 3 is 2.59 bits per heavy atom. The van der Waals surface area contributed by atoms with Gasteiger partial charge in [-0.05, 0) is 55.9 Å². The number of benzene rings is 1. The first-order valence-corrected chi connectivity index (χ1v) is 10.5. The fourth-order valence-electron chi connectivity index (χ4n) is 4.38. The molecule has 1 aliphatic carbocycles. The van der Waals surface area contributed by atoms with Gasteiger partial charge in [0, 0.05) is 12.6 Å². The maximum atomic E-state index is 13.1. The number of aromatic nitrogens is 2. The highest BCUT2D eigenvalue weighted by Crippen LogP contribution is 2.31. The average molecular weight is 398 g/mol. The van der Waals surface area contributed by atoms with Crippen molar-refractivity contribution < 1.29 is 14.0 Å². The van der Waals surface area contributed by atoms with E-state index in [0.29, 0.717) is 12.2 Å². The maximum absolute atomic E-state index is 13.1. The molecule has 154 valence electrons. The van der Waals surface area contributed by atoms with Crippen molar-refractivity contribution in [2.45, 2.75) is 63.5 Å². The first kappa shape index (κ1) is 19.6. The molecule has 0 radical (unpaired) electrons. The van der Waals surface area contributed by atoms with Crippen LogP contribution >= 0.6 is 0 Å². The predicted molar refractivity (Wildman–Crippen MR) is 107 cm³/mol. The van der Waals surface area contributed by atoms with Crippen molar-refractivity contribution in [1.82, 2.24) is 20.4 Å². The zero-order valence-corrected chi connectivity index (χ0v) is 16.5. The Bertz CT molecular complexity index is 858. The maximum Gasteiger partial charge on any atom is 0.271 e. The van der Waals surface area contributed by atoms with E-state index in [0.717, 1.165) is 56.2 Å². The summed E-state index contributed by atoms with van der Waals surface area (Å²) in [4.78, 5) is 27.3. The summed E-state index contributed by atoms with van der Waals surface area (Å²) in [6.45, 7) is 0.674. The molecular weight excluding hydrogens is 371 g/mol. The van der Waals surface area contributed by atoms with Gasteiger partial charge in [-0.2, -0.15) is 5.10 Å². The molecule has 0 spiro atoms.